The van der Waals surface area contributed by atoms with E-state index in [0.717, 1.165) is 17.9 Å². The van der Waals surface area contributed by atoms with Crippen LogP contribution >= 0.6 is 11.6 Å². The molecule has 1 rings (SSSR count). The van der Waals surface area contributed by atoms with Gasteiger partial charge in [0, 0.05) is 12.6 Å². The molecule has 1 heterocycles. The van der Waals surface area contributed by atoms with E-state index in [1.54, 1.807) is 6.20 Å². The van der Waals surface area contributed by atoms with E-state index in [2.05, 4.69) is 30.7 Å². The molecule has 0 aliphatic rings. The molecule has 0 spiro atoms. The van der Waals surface area contributed by atoms with E-state index in [1.807, 2.05) is 6.07 Å². The maximum atomic E-state index is 5.68. The summed E-state index contributed by atoms with van der Waals surface area (Å²) in [5.74, 6) is 1.34. The third-order valence-corrected chi connectivity index (χ3v) is 1.86. The van der Waals surface area contributed by atoms with Crippen LogP contribution in [0.15, 0.2) is 12.3 Å². The van der Waals surface area contributed by atoms with E-state index in [4.69, 9.17) is 11.6 Å². The van der Waals surface area contributed by atoms with Gasteiger partial charge in [0.2, 0.25) is 0 Å². The lowest BCUT2D eigenvalue weighted by Gasteiger charge is -2.16. The van der Waals surface area contributed by atoms with Gasteiger partial charge in [0.15, 0.2) is 0 Å². The van der Waals surface area contributed by atoms with E-state index in [0.29, 0.717) is 5.88 Å². The SMILES string of the molecule is CC(C)(C)Cc1nccc(CCl)n1. The molecule has 0 radical (unpaired) electrons. The normalized spacial score (nSPS) is 11.7. The first-order valence-electron chi connectivity index (χ1n) is 4.38. The van der Waals surface area contributed by atoms with Crippen LogP contribution in [-0.4, -0.2) is 9.97 Å². The van der Waals surface area contributed by atoms with Crippen molar-refractivity contribution in [2.45, 2.75) is 33.1 Å². The first-order valence-corrected chi connectivity index (χ1v) is 4.91. The van der Waals surface area contributed by atoms with Crippen LogP contribution in [0.1, 0.15) is 32.3 Å². The van der Waals surface area contributed by atoms with Crippen LogP contribution < -0.4 is 0 Å². The summed E-state index contributed by atoms with van der Waals surface area (Å²) in [6.07, 6.45) is 2.66. The van der Waals surface area contributed by atoms with E-state index in [-0.39, 0.29) is 5.41 Å². The van der Waals surface area contributed by atoms with Crippen molar-refractivity contribution in [3.63, 3.8) is 0 Å². The van der Waals surface area contributed by atoms with Crippen molar-refractivity contribution in [3.8, 4) is 0 Å². The van der Waals surface area contributed by atoms with Crippen molar-refractivity contribution in [2.75, 3.05) is 0 Å². The molecule has 0 unspecified atom stereocenters. The average molecular weight is 199 g/mol. The molecule has 1 aromatic rings. The third kappa shape index (κ3) is 3.73. The third-order valence-electron chi connectivity index (χ3n) is 1.59. The maximum Gasteiger partial charge on any atom is 0.129 e. The smallest absolute Gasteiger partial charge is 0.129 e. The summed E-state index contributed by atoms with van der Waals surface area (Å²) < 4.78 is 0. The van der Waals surface area contributed by atoms with Gasteiger partial charge in [0.25, 0.3) is 0 Å². The lowest BCUT2D eigenvalue weighted by Crippen LogP contribution is -2.12. The molecule has 0 saturated carbocycles. The quantitative estimate of drug-likeness (QED) is 0.683. The molecule has 0 N–H and O–H groups in total. The summed E-state index contributed by atoms with van der Waals surface area (Å²) >= 11 is 5.68. The highest BCUT2D eigenvalue weighted by atomic mass is 35.5. The van der Waals surface area contributed by atoms with Gasteiger partial charge in [-0.1, -0.05) is 20.8 Å². The van der Waals surface area contributed by atoms with Crippen LogP contribution in [-0.2, 0) is 12.3 Å². The Morgan fingerprint density at radius 1 is 1.38 bits per heavy atom. The second-order valence-corrected chi connectivity index (χ2v) is 4.60. The number of nitrogens with zero attached hydrogens (tertiary/aromatic N) is 2. The van der Waals surface area contributed by atoms with Gasteiger partial charge in [-0.15, -0.1) is 11.6 Å². The second-order valence-electron chi connectivity index (χ2n) is 4.34. The van der Waals surface area contributed by atoms with Crippen LogP contribution in [0.5, 0.6) is 0 Å². The fourth-order valence-corrected chi connectivity index (χ4v) is 1.22. The molecule has 0 atom stereocenters. The molecule has 1 aromatic heterocycles. The monoisotopic (exact) mass is 198 g/mol. The van der Waals surface area contributed by atoms with Crippen LogP contribution in [0, 0.1) is 5.41 Å². The number of halogens is 1. The summed E-state index contributed by atoms with van der Waals surface area (Å²) in [6, 6.07) is 1.85. The molecule has 72 valence electrons. The number of alkyl halides is 1. The molecule has 13 heavy (non-hydrogen) atoms. The molecule has 3 heteroatoms. The molecule has 0 aromatic carbocycles. The molecule has 0 bridgehead atoms. The molecule has 0 aliphatic heterocycles. The zero-order valence-electron chi connectivity index (χ0n) is 8.34. The fraction of sp³-hybridized carbons (Fsp3) is 0.600. The maximum absolute atomic E-state index is 5.68. The number of rotatable bonds is 2. The standard InChI is InChI=1S/C10H15ClN2/c1-10(2,3)6-9-12-5-4-8(7-11)13-9/h4-5H,6-7H2,1-3H3. The zero-order valence-corrected chi connectivity index (χ0v) is 9.10. The minimum atomic E-state index is 0.227. The highest BCUT2D eigenvalue weighted by Gasteiger charge is 2.13. The molecule has 0 saturated heterocycles. The summed E-state index contributed by atoms with van der Waals surface area (Å²) in [5, 5.41) is 0. The Labute approximate surface area is 84.4 Å². The van der Waals surface area contributed by atoms with E-state index < -0.39 is 0 Å². The predicted molar refractivity (Wildman–Crippen MR) is 54.7 cm³/mol. The summed E-state index contributed by atoms with van der Waals surface area (Å²) in [6.45, 7) is 6.51. The Hall–Kier alpha value is -0.630. The van der Waals surface area contributed by atoms with Crippen molar-refractivity contribution in [3.05, 3.63) is 23.8 Å². The van der Waals surface area contributed by atoms with Gasteiger partial charge >= 0.3 is 0 Å². The Morgan fingerprint density at radius 2 is 2.08 bits per heavy atom. The topological polar surface area (TPSA) is 25.8 Å². The molecular formula is C10H15ClN2. The summed E-state index contributed by atoms with van der Waals surface area (Å²) in [7, 11) is 0. The summed E-state index contributed by atoms with van der Waals surface area (Å²) in [5.41, 5.74) is 1.13. The highest BCUT2D eigenvalue weighted by molar-refractivity contribution is 6.16. The van der Waals surface area contributed by atoms with Gasteiger partial charge in [-0.2, -0.15) is 0 Å². The number of hydrogen-bond donors (Lipinski definition) is 0. The summed E-state index contributed by atoms with van der Waals surface area (Å²) in [4.78, 5) is 8.54. The van der Waals surface area contributed by atoms with Crippen molar-refractivity contribution in [1.82, 2.24) is 9.97 Å². The van der Waals surface area contributed by atoms with Gasteiger partial charge in [0.05, 0.1) is 11.6 Å². The van der Waals surface area contributed by atoms with Gasteiger partial charge in [-0.05, 0) is 11.5 Å². The minimum Gasteiger partial charge on any atom is -0.241 e. The number of aromatic nitrogens is 2. The largest absolute Gasteiger partial charge is 0.241 e. The van der Waals surface area contributed by atoms with Crippen LogP contribution in [0.3, 0.4) is 0 Å². The molecule has 2 nitrogen and oxygen atoms in total. The zero-order chi connectivity index (χ0) is 9.90. The number of hydrogen-bond acceptors (Lipinski definition) is 2. The van der Waals surface area contributed by atoms with Crippen molar-refractivity contribution >= 4 is 11.6 Å². The first kappa shape index (κ1) is 10.5. The van der Waals surface area contributed by atoms with Crippen molar-refractivity contribution < 1.29 is 0 Å². The van der Waals surface area contributed by atoms with Crippen molar-refractivity contribution in [1.29, 1.82) is 0 Å². The minimum absolute atomic E-state index is 0.227. The van der Waals surface area contributed by atoms with E-state index >= 15 is 0 Å². The predicted octanol–water partition coefficient (Wildman–Crippen LogP) is 2.80. The lowest BCUT2D eigenvalue weighted by molar-refractivity contribution is 0.400. The van der Waals surface area contributed by atoms with E-state index in [9.17, 15) is 0 Å². The van der Waals surface area contributed by atoms with Gasteiger partial charge in [-0.3, -0.25) is 0 Å². The van der Waals surface area contributed by atoms with Crippen molar-refractivity contribution in [2.24, 2.45) is 5.41 Å². The first-order chi connectivity index (χ1) is 6.01. The second kappa shape index (κ2) is 4.05. The molecular weight excluding hydrogens is 184 g/mol. The Morgan fingerprint density at radius 3 is 2.62 bits per heavy atom. The van der Waals surface area contributed by atoms with Gasteiger partial charge in [-0.25, -0.2) is 9.97 Å². The molecule has 0 aliphatic carbocycles. The van der Waals surface area contributed by atoms with Gasteiger partial charge in [0.1, 0.15) is 5.82 Å². The molecule has 0 amide bonds. The Bertz CT molecular complexity index is 278. The van der Waals surface area contributed by atoms with Crippen LogP contribution in [0.25, 0.3) is 0 Å². The fourth-order valence-electron chi connectivity index (χ4n) is 1.08. The van der Waals surface area contributed by atoms with E-state index in [1.165, 1.54) is 0 Å². The van der Waals surface area contributed by atoms with Crippen LogP contribution in [0.2, 0.25) is 0 Å². The highest BCUT2D eigenvalue weighted by Crippen LogP contribution is 2.18. The Kier molecular flexibility index (Phi) is 3.26. The average Bonchev–Trinajstić information content (AvgIpc) is 2.01. The van der Waals surface area contributed by atoms with Gasteiger partial charge < -0.3 is 0 Å². The Balaban J connectivity index is 2.78. The lowest BCUT2D eigenvalue weighted by atomic mass is 9.92. The molecule has 0 fully saturated rings. The van der Waals surface area contributed by atoms with Crippen LogP contribution in [0.4, 0.5) is 0 Å².